The predicted octanol–water partition coefficient (Wildman–Crippen LogP) is 1.44. The minimum atomic E-state index is 0.0603. The van der Waals surface area contributed by atoms with E-state index in [1.807, 2.05) is 41.2 Å². The highest BCUT2D eigenvalue weighted by Crippen LogP contribution is 2.20. The van der Waals surface area contributed by atoms with Gasteiger partial charge in [0.05, 0.1) is 13.2 Å². The molecule has 0 bridgehead atoms. The number of aromatic nitrogens is 2. The lowest BCUT2D eigenvalue weighted by Gasteiger charge is -2.16. The predicted molar refractivity (Wildman–Crippen MR) is 62.4 cm³/mol. The van der Waals surface area contributed by atoms with E-state index in [4.69, 9.17) is 10.5 Å². The van der Waals surface area contributed by atoms with Crippen LogP contribution in [0.15, 0.2) is 42.7 Å². The van der Waals surface area contributed by atoms with Crippen LogP contribution in [0.3, 0.4) is 0 Å². The fraction of sp³-hybridized carbons (Fsp3) is 0.250. The number of nitrogens with two attached hydrogens (primary N) is 1. The maximum atomic E-state index is 5.79. The number of benzene rings is 1. The van der Waals surface area contributed by atoms with Gasteiger partial charge < -0.3 is 10.5 Å². The second-order valence-corrected chi connectivity index (χ2v) is 3.51. The Labute approximate surface area is 94.6 Å². The number of hydrogen-bond acceptors (Lipinski definition) is 3. The topological polar surface area (TPSA) is 53.1 Å². The first-order valence-electron chi connectivity index (χ1n) is 5.18. The maximum Gasteiger partial charge on any atom is 0.119 e. The van der Waals surface area contributed by atoms with Gasteiger partial charge in [0.25, 0.3) is 0 Å². The molecule has 0 amide bonds. The summed E-state index contributed by atoms with van der Waals surface area (Å²) < 4.78 is 7.05. The Hall–Kier alpha value is -1.81. The van der Waals surface area contributed by atoms with Crippen LogP contribution in [-0.2, 0) is 0 Å². The lowest BCUT2D eigenvalue weighted by Crippen LogP contribution is -2.20. The average Bonchev–Trinajstić information content (AvgIpc) is 2.84. The highest BCUT2D eigenvalue weighted by atomic mass is 16.5. The van der Waals surface area contributed by atoms with Crippen molar-refractivity contribution in [2.45, 2.75) is 6.04 Å². The van der Waals surface area contributed by atoms with Crippen molar-refractivity contribution in [2.24, 2.45) is 5.73 Å². The number of hydrogen-bond donors (Lipinski definition) is 1. The summed E-state index contributed by atoms with van der Waals surface area (Å²) >= 11 is 0. The van der Waals surface area contributed by atoms with E-state index in [1.165, 1.54) is 0 Å². The molecular weight excluding hydrogens is 202 g/mol. The van der Waals surface area contributed by atoms with Crippen molar-refractivity contribution in [1.82, 2.24) is 9.78 Å². The molecule has 1 unspecified atom stereocenters. The van der Waals surface area contributed by atoms with Crippen LogP contribution < -0.4 is 10.5 Å². The number of nitrogens with zero attached hydrogens (tertiary/aromatic N) is 2. The third kappa shape index (κ3) is 2.06. The molecule has 1 heterocycles. The minimum absolute atomic E-state index is 0.0603. The molecule has 0 fully saturated rings. The first-order chi connectivity index (χ1) is 7.85. The Morgan fingerprint density at radius 3 is 2.94 bits per heavy atom. The van der Waals surface area contributed by atoms with E-state index in [9.17, 15) is 0 Å². The van der Waals surface area contributed by atoms with Gasteiger partial charge in [0.1, 0.15) is 5.75 Å². The largest absolute Gasteiger partial charge is 0.497 e. The third-order valence-corrected chi connectivity index (χ3v) is 2.55. The van der Waals surface area contributed by atoms with Gasteiger partial charge in [-0.15, -0.1) is 0 Å². The van der Waals surface area contributed by atoms with E-state index in [0.29, 0.717) is 6.54 Å². The quantitative estimate of drug-likeness (QED) is 0.843. The molecule has 1 aromatic carbocycles. The fourth-order valence-corrected chi connectivity index (χ4v) is 1.71. The van der Waals surface area contributed by atoms with E-state index < -0.39 is 0 Å². The van der Waals surface area contributed by atoms with Crippen LogP contribution in [0.25, 0.3) is 0 Å². The molecule has 2 N–H and O–H groups in total. The first kappa shape index (κ1) is 10.7. The summed E-state index contributed by atoms with van der Waals surface area (Å²) in [6, 6.07) is 9.84. The smallest absolute Gasteiger partial charge is 0.119 e. The molecule has 0 radical (unpaired) electrons. The first-order valence-corrected chi connectivity index (χ1v) is 5.18. The van der Waals surface area contributed by atoms with E-state index >= 15 is 0 Å². The summed E-state index contributed by atoms with van der Waals surface area (Å²) in [6.45, 7) is 0.509. The molecular formula is C12H15N3O. The molecule has 1 aromatic heterocycles. The van der Waals surface area contributed by atoms with Crippen LogP contribution in [0.4, 0.5) is 0 Å². The molecule has 0 spiro atoms. The number of rotatable bonds is 4. The molecule has 4 heteroatoms. The van der Waals surface area contributed by atoms with Crippen molar-refractivity contribution < 1.29 is 4.74 Å². The van der Waals surface area contributed by atoms with Gasteiger partial charge in [0.2, 0.25) is 0 Å². The van der Waals surface area contributed by atoms with Crippen molar-refractivity contribution >= 4 is 0 Å². The van der Waals surface area contributed by atoms with Crippen molar-refractivity contribution in [3.05, 3.63) is 48.3 Å². The van der Waals surface area contributed by atoms with Crippen LogP contribution in [0, 0.1) is 0 Å². The zero-order chi connectivity index (χ0) is 11.4. The van der Waals surface area contributed by atoms with Gasteiger partial charge >= 0.3 is 0 Å². The standard InChI is InChI=1S/C12H15N3O/c1-16-11-5-2-4-10(8-11)12(9-13)15-7-3-6-14-15/h2-8,12H,9,13H2,1H3. The second-order valence-electron chi connectivity index (χ2n) is 3.51. The molecule has 0 aliphatic carbocycles. The van der Waals surface area contributed by atoms with Gasteiger partial charge in [-0.3, -0.25) is 4.68 Å². The molecule has 4 nitrogen and oxygen atoms in total. The summed E-state index contributed by atoms with van der Waals surface area (Å²) in [5.74, 6) is 0.836. The lowest BCUT2D eigenvalue weighted by atomic mass is 10.1. The van der Waals surface area contributed by atoms with Crippen LogP contribution in [0.1, 0.15) is 11.6 Å². The van der Waals surface area contributed by atoms with Crippen LogP contribution >= 0.6 is 0 Å². The molecule has 2 rings (SSSR count). The summed E-state index contributed by atoms with van der Waals surface area (Å²) in [5.41, 5.74) is 6.89. The summed E-state index contributed by atoms with van der Waals surface area (Å²) in [6.07, 6.45) is 3.67. The third-order valence-electron chi connectivity index (χ3n) is 2.55. The normalized spacial score (nSPS) is 12.4. The summed E-state index contributed by atoms with van der Waals surface area (Å²) in [4.78, 5) is 0. The molecule has 1 atom stereocenters. The van der Waals surface area contributed by atoms with Crippen molar-refractivity contribution in [3.8, 4) is 5.75 Å². The zero-order valence-electron chi connectivity index (χ0n) is 9.21. The van der Waals surface area contributed by atoms with Crippen molar-refractivity contribution in [1.29, 1.82) is 0 Å². The Balaban J connectivity index is 2.33. The monoisotopic (exact) mass is 217 g/mol. The molecule has 2 aromatic rings. The molecule has 0 aliphatic heterocycles. The number of methoxy groups -OCH3 is 1. The van der Waals surface area contributed by atoms with Gasteiger partial charge in [-0.1, -0.05) is 12.1 Å². The fourth-order valence-electron chi connectivity index (χ4n) is 1.71. The molecule has 16 heavy (non-hydrogen) atoms. The number of ether oxygens (including phenoxy) is 1. The Kier molecular flexibility index (Phi) is 3.22. The lowest BCUT2D eigenvalue weighted by molar-refractivity contribution is 0.412. The highest BCUT2D eigenvalue weighted by Gasteiger charge is 2.12. The highest BCUT2D eigenvalue weighted by molar-refractivity contribution is 5.31. The van der Waals surface area contributed by atoms with Crippen LogP contribution in [0.5, 0.6) is 5.75 Å². The summed E-state index contributed by atoms with van der Waals surface area (Å²) in [5, 5.41) is 4.22. The van der Waals surface area contributed by atoms with Gasteiger partial charge in [0, 0.05) is 18.9 Å². The Morgan fingerprint density at radius 2 is 2.31 bits per heavy atom. The van der Waals surface area contributed by atoms with Gasteiger partial charge in [-0.05, 0) is 23.8 Å². The van der Waals surface area contributed by atoms with Crippen molar-refractivity contribution in [3.63, 3.8) is 0 Å². The van der Waals surface area contributed by atoms with E-state index in [1.54, 1.807) is 13.3 Å². The maximum absolute atomic E-state index is 5.79. The van der Waals surface area contributed by atoms with Gasteiger partial charge in [0.15, 0.2) is 0 Å². The van der Waals surface area contributed by atoms with Gasteiger partial charge in [-0.25, -0.2) is 0 Å². The second kappa shape index (κ2) is 4.81. The Bertz CT molecular complexity index is 439. The Morgan fingerprint density at radius 1 is 1.44 bits per heavy atom. The van der Waals surface area contributed by atoms with Gasteiger partial charge in [-0.2, -0.15) is 5.10 Å². The zero-order valence-corrected chi connectivity index (χ0v) is 9.21. The minimum Gasteiger partial charge on any atom is -0.497 e. The molecule has 0 saturated heterocycles. The van der Waals surface area contributed by atoms with E-state index in [-0.39, 0.29) is 6.04 Å². The SMILES string of the molecule is COc1cccc(C(CN)n2cccn2)c1. The molecule has 0 saturated carbocycles. The molecule has 0 aliphatic rings. The average molecular weight is 217 g/mol. The summed E-state index contributed by atoms with van der Waals surface area (Å²) in [7, 11) is 1.66. The van der Waals surface area contributed by atoms with Crippen LogP contribution in [0.2, 0.25) is 0 Å². The van der Waals surface area contributed by atoms with E-state index in [2.05, 4.69) is 5.10 Å². The van der Waals surface area contributed by atoms with Crippen LogP contribution in [-0.4, -0.2) is 23.4 Å². The van der Waals surface area contributed by atoms with E-state index in [0.717, 1.165) is 11.3 Å². The van der Waals surface area contributed by atoms with Crippen molar-refractivity contribution in [2.75, 3.05) is 13.7 Å². The molecule has 84 valence electrons.